The van der Waals surface area contributed by atoms with Gasteiger partial charge in [-0.25, -0.2) is 0 Å². The van der Waals surface area contributed by atoms with Crippen molar-refractivity contribution in [3.8, 4) is 0 Å². The van der Waals surface area contributed by atoms with E-state index >= 15 is 0 Å². The first-order valence-corrected chi connectivity index (χ1v) is 9.47. The standard InChI is InChI=1S/C10H12N2.C8H11N.2C2H6/c1-7(2)8-3-4-12-10-6-11-5-9(8)10;1-7(2)8-3-5-9-6-4-8;2*1-2/h3-5,7H,6H2,1-2H3;3-7H,1-2H3;2*1-2H3. The van der Waals surface area contributed by atoms with Crippen molar-refractivity contribution in [2.45, 2.75) is 73.8 Å². The lowest BCUT2D eigenvalue weighted by atomic mass is 9.98. The van der Waals surface area contributed by atoms with Crippen molar-refractivity contribution in [2.75, 3.05) is 0 Å². The minimum absolute atomic E-state index is 0.561. The van der Waals surface area contributed by atoms with E-state index in [1.54, 1.807) is 0 Å². The quantitative estimate of drug-likeness (QED) is 0.634. The third kappa shape index (κ3) is 7.59. The molecule has 3 nitrogen and oxygen atoms in total. The summed E-state index contributed by atoms with van der Waals surface area (Å²) in [7, 11) is 0. The van der Waals surface area contributed by atoms with Crippen LogP contribution in [0.2, 0.25) is 0 Å². The molecule has 2 aromatic heterocycles. The highest BCUT2D eigenvalue weighted by molar-refractivity contribution is 5.85. The van der Waals surface area contributed by atoms with Crippen LogP contribution >= 0.6 is 0 Å². The Hall–Kier alpha value is -2.03. The van der Waals surface area contributed by atoms with Crippen molar-refractivity contribution < 1.29 is 0 Å². The van der Waals surface area contributed by atoms with Crippen LogP contribution in [-0.4, -0.2) is 16.2 Å². The molecule has 3 rings (SSSR count). The number of hydrogen-bond donors (Lipinski definition) is 0. The highest BCUT2D eigenvalue weighted by atomic mass is 14.8. The molecule has 0 aliphatic carbocycles. The zero-order valence-corrected chi connectivity index (χ0v) is 17.2. The lowest BCUT2D eigenvalue weighted by molar-refractivity contribution is 0.855. The smallest absolute Gasteiger partial charge is 0.0818 e. The number of aromatic nitrogens is 2. The van der Waals surface area contributed by atoms with Gasteiger partial charge in [0.1, 0.15) is 0 Å². The van der Waals surface area contributed by atoms with Gasteiger partial charge in [0, 0.05) is 30.4 Å². The van der Waals surface area contributed by atoms with Crippen LogP contribution in [0.4, 0.5) is 0 Å². The van der Waals surface area contributed by atoms with Crippen LogP contribution in [0.1, 0.15) is 89.6 Å². The van der Waals surface area contributed by atoms with Gasteiger partial charge in [-0.2, -0.15) is 0 Å². The first-order valence-electron chi connectivity index (χ1n) is 9.47. The molecule has 0 N–H and O–H groups in total. The summed E-state index contributed by atoms with van der Waals surface area (Å²) in [5.41, 5.74) is 5.08. The molecule has 1 aliphatic heterocycles. The van der Waals surface area contributed by atoms with Crippen LogP contribution in [0.3, 0.4) is 0 Å². The van der Waals surface area contributed by atoms with E-state index in [1.807, 2.05) is 64.6 Å². The molecular weight excluding hydrogens is 306 g/mol. The number of hydrogen-bond acceptors (Lipinski definition) is 3. The number of rotatable bonds is 2. The second-order valence-electron chi connectivity index (χ2n) is 5.82. The third-order valence-electron chi connectivity index (χ3n) is 3.56. The zero-order valence-electron chi connectivity index (χ0n) is 17.2. The molecule has 0 spiro atoms. The summed E-state index contributed by atoms with van der Waals surface area (Å²) in [6.07, 6.45) is 7.48. The summed E-state index contributed by atoms with van der Waals surface area (Å²) in [5.74, 6) is 1.18. The maximum atomic E-state index is 4.28. The summed E-state index contributed by atoms with van der Waals surface area (Å²) < 4.78 is 0. The van der Waals surface area contributed by atoms with Gasteiger partial charge in [0.25, 0.3) is 0 Å². The fraction of sp³-hybridized carbons (Fsp3) is 0.500. The Labute approximate surface area is 154 Å². The molecule has 0 amide bonds. The predicted molar refractivity (Wildman–Crippen MR) is 111 cm³/mol. The van der Waals surface area contributed by atoms with Gasteiger partial charge in [0.2, 0.25) is 0 Å². The second-order valence-corrected chi connectivity index (χ2v) is 5.82. The van der Waals surface area contributed by atoms with Gasteiger partial charge in [0.05, 0.1) is 12.2 Å². The van der Waals surface area contributed by atoms with Crippen LogP contribution in [0.5, 0.6) is 0 Å². The molecule has 138 valence electrons. The van der Waals surface area contributed by atoms with Gasteiger partial charge < -0.3 is 0 Å². The first kappa shape index (κ1) is 23.0. The Morgan fingerprint density at radius 2 is 1.40 bits per heavy atom. The molecule has 0 unspecified atom stereocenters. The molecule has 0 atom stereocenters. The summed E-state index contributed by atoms with van der Waals surface area (Å²) in [4.78, 5) is 12.4. The average molecular weight is 342 g/mol. The Bertz CT molecular complexity index is 602. The molecule has 2 aromatic rings. The van der Waals surface area contributed by atoms with Gasteiger partial charge in [-0.05, 0) is 41.2 Å². The third-order valence-corrected chi connectivity index (χ3v) is 3.56. The monoisotopic (exact) mass is 341 g/mol. The summed E-state index contributed by atoms with van der Waals surface area (Å²) in [6, 6.07) is 6.18. The van der Waals surface area contributed by atoms with Crippen molar-refractivity contribution in [3.05, 3.63) is 59.2 Å². The van der Waals surface area contributed by atoms with Gasteiger partial charge in [-0.1, -0.05) is 55.4 Å². The van der Waals surface area contributed by atoms with Crippen molar-refractivity contribution in [3.63, 3.8) is 0 Å². The van der Waals surface area contributed by atoms with E-state index in [1.165, 1.54) is 16.7 Å². The average Bonchev–Trinajstić information content (AvgIpc) is 3.15. The van der Waals surface area contributed by atoms with Crippen molar-refractivity contribution >= 4 is 6.21 Å². The Kier molecular flexibility index (Phi) is 12.2. The normalized spacial score (nSPS) is 10.8. The Morgan fingerprint density at radius 3 is 1.88 bits per heavy atom. The van der Waals surface area contributed by atoms with Crippen LogP contribution in [-0.2, 0) is 6.54 Å². The molecule has 3 heteroatoms. The van der Waals surface area contributed by atoms with Crippen LogP contribution in [0.15, 0.2) is 41.8 Å². The van der Waals surface area contributed by atoms with Crippen LogP contribution in [0, 0.1) is 0 Å². The van der Waals surface area contributed by atoms with Gasteiger partial charge in [0.15, 0.2) is 0 Å². The van der Waals surface area contributed by atoms with E-state index in [0.29, 0.717) is 11.8 Å². The van der Waals surface area contributed by atoms with E-state index in [9.17, 15) is 0 Å². The van der Waals surface area contributed by atoms with Crippen LogP contribution < -0.4 is 0 Å². The first-order chi connectivity index (χ1) is 12.1. The molecule has 25 heavy (non-hydrogen) atoms. The highest BCUT2D eigenvalue weighted by Crippen LogP contribution is 2.22. The van der Waals surface area contributed by atoms with Crippen LogP contribution in [0.25, 0.3) is 0 Å². The predicted octanol–water partition coefficient (Wildman–Crippen LogP) is 6.39. The van der Waals surface area contributed by atoms with Gasteiger partial charge >= 0.3 is 0 Å². The van der Waals surface area contributed by atoms with E-state index in [-0.39, 0.29) is 0 Å². The number of fused-ring (bicyclic) bond motifs is 1. The fourth-order valence-electron chi connectivity index (χ4n) is 2.28. The largest absolute Gasteiger partial charge is 0.286 e. The van der Waals surface area contributed by atoms with E-state index < -0.39 is 0 Å². The second kappa shape index (κ2) is 13.3. The van der Waals surface area contributed by atoms with Crippen molar-refractivity contribution in [2.24, 2.45) is 4.99 Å². The topological polar surface area (TPSA) is 38.1 Å². The summed E-state index contributed by atoms with van der Waals surface area (Å²) in [5, 5.41) is 0. The number of nitrogens with zero attached hydrogens (tertiary/aromatic N) is 3. The molecule has 0 radical (unpaired) electrons. The lowest BCUT2D eigenvalue weighted by Gasteiger charge is -2.08. The SMILES string of the molecule is CC.CC.CC(C)c1ccnc2c1C=NC2.CC(C)c1ccncc1. The molecule has 0 aromatic carbocycles. The van der Waals surface area contributed by atoms with E-state index in [0.717, 1.165) is 12.2 Å². The highest BCUT2D eigenvalue weighted by Gasteiger charge is 2.13. The minimum Gasteiger partial charge on any atom is -0.286 e. The van der Waals surface area contributed by atoms with E-state index in [2.05, 4.69) is 48.7 Å². The van der Waals surface area contributed by atoms with Crippen molar-refractivity contribution in [1.82, 2.24) is 9.97 Å². The summed E-state index contributed by atoms with van der Waals surface area (Å²) >= 11 is 0. The van der Waals surface area contributed by atoms with Gasteiger partial charge in [-0.15, -0.1) is 0 Å². The van der Waals surface area contributed by atoms with Gasteiger partial charge in [-0.3, -0.25) is 15.0 Å². The number of pyridine rings is 2. The Morgan fingerprint density at radius 1 is 0.800 bits per heavy atom. The molecule has 3 heterocycles. The lowest BCUT2D eigenvalue weighted by Crippen LogP contribution is -1.98. The summed E-state index contributed by atoms with van der Waals surface area (Å²) in [6.45, 7) is 17.5. The maximum absolute atomic E-state index is 4.28. The molecule has 0 saturated heterocycles. The Balaban J connectivity index is 0.000000396. The number of aliphatic imine (C=N–C) groups is 1. The van der Waals surface area contributed by atoms with Crippen molar-refractivity contribution in [1.29, 1.82) is 0 Å². The molecular formula is C22H35N3. The minimum atomic E-state index is 0.561. The molecule has 0 fully saturated rings. The fourth-order valence-corrected chi connectivity index (χ4v) is 2.28. The van der Waals surface area contributed by atoms with E-state index in [4.69, 9.17) is 0 Å². The molecule has 0 saturated carbocycles. The maximum Gasteiger partial charge on any atom is 0.0818 e. The molecule has 0 bridgehead atoms. The zero-order chi connectivity index (χ0) is 19.2. The molecule has 1 aliphatic rings.